The second kappa shape index (κ2) is 4.18. The minimum Gasteiger partial charge on any atom is -0.368 e. The van der Waals surface area contributed by atoms with Gasteiger partial charge in [-0.2, -0.15) is 0 Å². The third-order valence-electron chi connectivity index (χ3n) is 0.0772. The zero-order valence-corrected chi connectivity index (χ0v) is 5.32. The molecule has 1 nitrogen and oxygen atoms in total. The standard InChI is InChI=1S/BH4INP/c2-4-1-3/h1,4H,3H2. The Morgan fingerprint density at radius 1 is 2.00 bits per heavy atom. The molecule has 0 spiro atoms. The summed E-state index contributed by atoms with van der Waals surface area (Å²) in [6.07, 6.45) is 0.888. The molecule has 0 bridgehead atoms. The molecule has 1 unspecified atom stereocenters. The van der Waals surface area contributed by atoms with Gasteiger partial charge in [0.05, 0.1) is 0 Å². The highest BCUT2D eigenvalue weighted by Crippen LogP contribution is 2.13. The minimum absolute atomic E-state index is 0.834. The fraction of sp³-hybridized carbons (Fsp3) is 0. The SMILES string of the molecule is NBPI. The zero-order chi connectivity index (χ0) is 3.41. The number of rotatable bonds is 1. The first kappa shape index (κ1) is 5.18. The van der Waals surface area contributed by atoms with Crippen LogP contribution in [-0.4, -0.2) is 7.13 Å². The van der Waals surface area contributed by atoms with Gasteiger partial charge in [-0.15, -0.1) is 0 Å². The first-order chi connectivity index (χ1) is 1.91. The predicted octanol–water partition coefficient (Wildman–Crippen LogP) is 0.240. The zero-order valence-electron chi connectivity index (χ0n) is 2.16. The largest absolute Gasteiger partial charge is 0.368 e. The number of hydrogen-bond acceptors (Lipinski definition) is 1. The maximum atomic E-state index is 5.03. The van der Waals surface area contributed by atoms with Crippen LogP contribution in [0.1, 0.15) is 0 Å². The Kier molecular flexibility index (Phi) is 5.42. The third kappa shape index (κ3) is 3.18. The molecule has 0 aromatic carbocycles. The molecule has 0 amide bonds. The molecule has 4 heavy (non-hydrogen) atoms. The van der Waals surface area contributed by atoms with Crippen molar-refractivity contribution in [1.82, 2.24) is 0 Å². The van der Waals surface area contributed by atoms with E-state index < -0.39 is 0 Å². The summed E-state index contributed by atoms with van der Waals surface area (Å²) in [5.74, 6) is 0. The van der Waals surface area contributed by atoms with E-state index in [9.17, 15) is 0 Å². The number of hydrogen-bond donors (Lipinski definition) is 1. The lowest BCUT2D eigenvalue weighted by atomic mass is 10.5. The maximum Gasteiger partial charge on any atom is 0.236 e. The number of halogens is 1. The van der Waals surface area contributed by atoms with Crippen LogP contribution < -0.4 is 5.64 Å². The van der Waals surface area contributed by atoms with E-state index in [0.29, 0.717) is 0 Å². The Balaban J connectivity index is 1.97. The smallest absolute Gasteiger partial charge is 0.236 e. The first-order valence-corrected chi connectivity index (χ1v) is 5.27. The molecule has 0 radical (unpaired) electrons. The second-order valence-electron chi connectivity index (χ2n) is 0.338. The van der Waals surface area contributed by atoms with Crippen molar-refractivity contribution in [2.45, 2.75) is 0 Å². The maximum absolute atomic E-state index is 5.03. The van der Waals surface area contributed by atoms with E-state index in [4.69, 9.17) is 5.64 Å². The molecule has 0 aromatic heterocycles. The van der Waals surface area contributed by atoms with Crippen LogP contribution >= 0.6 is 28.1 Å². The molecule has 0 aromatic rings. The van der Waals surface area contributed by atoms with Gasteiger partial charge < -0.3 is 5.64 Å². The molecule has 0 rings (SSSR count). The fourth-order valence-corrected chi connectivity index (χ4v) is 0. The summed E-state index contributed by atoms with van der Waals surface area (Å²) >= 11 is 2.25. The van der Waals surface area contributed by atoms with Gasteiger partial charge in [-0.25, -0.2) is 0 Å². The van der Waals surface area contributed by atoms with E-state index in [1.807, 2.05) is 0 Å². The Labute approximate surface area is 41.2 Å². The van der Waals surface area contributed by atoms with E-state index in [0.717, 1.165) is 13.2 Å². The monoisotopic (exact) mass is 187 g/mol. The molecule has 1 atom stereocenters. The third-order valence-corrected chi connectivity index (χ3v) is 1.55. The van der Waals surface area contributed by atoms with Crippen LogP contribution in [0.4, 0.5) is 0 Å². The van der Waals surface area contributed by atoms with Gasteiger partial charge in [-0.1, -0.05) is 28.1 Å². The van der Waals surface area contributed by atoms with Crippen molar-refractivity contribution in [2.75, 3.05) is 0 Å². The normalized spacial score (nSPS) is 9.50. The summed E-state index contributed by atoms with van der Waals surface area (Å²) in [5.41, 5.74) is 5.03. The molecule has 0 aliphatic carbocycles. The van der Waals surface area contributed by atoms with Crippen molar-refractivity contribution in [3.05, 3.63) is 0 Å². The van der Waals surface area contributed by atoms with Gasteiger partial charge in [-0.05, 0) is 0 Å². The van der Waals surface area contributed by atoms with Crippen LogP contribution in [0.15, 0.2) is 0 Å². The van der Waals surface area contributed by atoms with Gasteiger partial charge in [0.1, 0.15) is 0 Å². The van der Waals surface area contributed by atoms with Crippen molar-refractivity contribution >= 4 is 35.3 Å². The molecule has 24 valence electrons. The Morgan fingerprint density at radius 2 is 2.25 bits per heavy atom. The lowest BCUT2D eigenvalue weighted by Gasteiger charge is -1.64. The molecule has 0 aliphatic rings. The average Bonchev–Trinajstić information content (AvgIpc) is 1.37. The van der Waals surface area contributed by atoms with Crippen LogP contribution in [0, 0.1) is 0 Å². The molecule has 0 aliphatic heterocycles. The van der Waals surface area contributed by atoms with Gasteiger partial charge in [0.15, 0.2) is 0 Å². The van der Waals surface area contributed by atoms with Crippen molar-refractivity contribution in [2.24, 2.45) is 5.64 Å². The summed E-state index contributed by atoms with van der Waals surface area (Å²) in [4.78, 5) is 0. The Hall–Kier alpha value is 1.18. The van der Waals surface area contributed by atoms with Crippen LogP contribution in [0.25, 0.3) is 0 Å². The van der Waals surface area contributed by atoms with Gasteiger partial charge in [-0.3, -0.25) is 0 Å². The summed E-state index contributed by atoms with van der Waals surface area (Å²) < 4.78 is 0. The van der Waals surface area contributed by atoms with Crippen LogP contribution in [0.3, 0.4) is 0 Å². The van der Waals surface area contributed by atoms with E-state index in [-0.39, 0.29) is 0 Å². The van der Waals surface area contributed by atoms with Crippen molar-refractivity contribution in [3.63, 3.8) is 0 Å². The molecule has 0 saturated carbocycles. The van der Waals surface area contributed by atoms with Crippen LogP contribution in [0.5, 0.6) is 0 Å². The Morgan fingerprint density at radius 3 is 2.25 bits per heavy atom. The van der Waals surface area contributed by atoms with Gasteiger partial charge in [0, 0.05) is 0 Å². The fourth-order valence-electron chi connectivity index (χ4n) is 0. The van der Waals surface area contributed by atoms with Gasteiger partial charge in [0.2, 0.25) is 7.13 Å². The predicted molar refractivity (Wildman–Crippen MR) is 33.7 cm³/mol. The van der Waals surface area contributed by atoms with Crippen LogP contribution in [0.2, 0.25) is 0 Å². The van der Waals surface area contributed by atoms with Gasteiger partial charge in [0.25, 0.3) is 0 Å². The summed E-state index contributed by atoms with van der Waals surface area (Å²) in [5, 5.41) is 0. The Bertz CT molecular complexity index is 10.0. The second-order valence-corrected chi connectivity index (χ2v) is 3.30. The minimum atomic E-state index is 0.834. The summed E-state index contributed by atoms with van der Waals surface area (Å²) in [7, 11) is 0.834. The van der Waals surface area contributed by atoms with E-state index in [1.165, 1.54) is 0 Å². The molecule has 0 fully saturated rings. The van der Waals surface area contributed by atoms with E-state index >= 15 is 0 Å². The van der Waals surface area contributed by atoms with Gasteiger partial charge >= 0.3 is 0 Å². The summed E-state index contributed by atoms with van der Waals surface area (Å²) in [6.45, 7) is 0. The molecule has 4 heteroatoms. The van der Waals surface area contributed by atoms with Crippen molar-refractivity contribution in [1.29, 1.82) is 0 Å². The molecule has 0 heterocycles. The quantitative estimate of drug-likeness (QED) is 0.355. The highest BCUT2D eigenvalue weighted by Gasteiger charge is 1.63. The molecule has 0 saturated heterocycles. The first-order valence-electron chi connectivity index (χ1n) is 0.951. The van der Waals surface area contributed by atoms with E-state index in [1.54, 1.807) is 0 Å². The lowest BCUT2D eigenvalue weighted by Crippen LogP contribution is -1.91. The molecule has 2 N–H and O–H groups in total. The summed E-state index contributed by atoms with van der Waals surface area (Å²) in [6, 6.07) is 0. The molecular weight excluding hydrogens is 183 g/mol. The van der Waals surface area contributed by atoms with E-state index in [2.05, 4.69) is 22.0 Å². The number of nitrogens with two attached hydrogens (primary N) is 1. The lowest BCUT2D eigenvalue weighted by molar-refractivity contribution is 1.98. The highest BCUT2D eigenvalue weighted by atomic mass is 127. The highest BCUT2D eigenvalue weighted by molar-refractivity contribution is 14.2. The molecular formula is H4BINP. The van der Waals surface area contributed by atoms with Crippen molar-refractivity contribution in [3.8, 4) is 0 Å². The topological polar surface area (TPSA) is 26.0 Å². The van der Waals surface area contributed by atoms with Crippen LogP contribution in [-0.2, 0) is 0 Å². The average molecular weight is 187 g/mol. The van der Waals surface area contributed by atoms with Crippen molar-refractivity contribution < 1.29 is 0 Å².